The maximum Gasteiger partial charge on any atom is 0.233 e. The van der Waals surface area contributed by atoms with Crippen molar-refractivity contribution in [2.75, 3.05) is 12.3 Å². The molecule has 3 fully saturated rings. The third kappa shape index (κ3) is 3.12. The largest absolute Gasteiger partial charge is 0.334 e. The minimum Gasteiger partial charge on any atom is -0.334 e. The lowest BCUT2D eigenvalue weighted by atomic mass is 10.2. The highest BCUT2D eigenvalue weighted by Crippen LogP contribution is 2.46. The van der Waals surface area contributed by atoms with Crippen LogP contribution in [0.4, 0.5) is 0 Å². The summed E-state index contributed by atoms with van der Waals surface area (Å²) < 4.78 is 2.33. The predicted molar refractivity (Wildman–Crippen MR) is 99.0 cm³/mol. The molecule has 3 aliphatic rings. The minimum absolute atomic E-state index is 0.235. The fourth-order valence-corrected chi connectivity index (χ4v) is 5.51. The second kappa shape index (κ2) is 6.43. The van der Waals surface area contributed by atoms with E-state index >= 15 is 0 Å². The fraction of sp³-hybridized carbons (Fsp3) is 0.611. The first-order valence-electron chi connectivity index (χ1n) is 9.21. The Morgan fingerprint density at radius 3 is 2.84 bits per heavy atom. The number of amides is 1. The van der Waals surface area contributed by atoms with Gasteiger partial charge in [0.1, 0.15) is 5.82 Å². The molecule has 0 aromatic carbocycles. The van der Waals surface area contributed by atoms with Gasteiger partial charge in [0.2, 0.25) is 5.91 Å². The van der Waals surface area contributed by atoms with Crippen LogP contribution in [0, 0.1) is 0 Å². The maximum absolute atomic E-state index is 12.8. The van der Waals surface area contributed by atoms with Gasteiger partial charge >= 0.3 is 0 Å². The third-order valence-electron chi connectivity index (χ3n) is 5.31. The lowest BCUT2D eigenvalue weighted by Crippen LogP contribution is -2.31. The Hall–Kier alpha value is -1.34. The minimum atomic E-state index is 0.235. The van der Waals surface area contributed by atoms with Gasteiger partial charge in [-0.25, -0.2) is 0 Å². The molecule has 1 atom stereocenters. The van der Waals surface area contributed by atoms with Crippen molar-refractivity contribution in [1.82, 2.24) is 19.7 Å². The normalized spacial score (nSPS) is 23.4. The molecule has 25 heavy (non-hydrogen) atoms. The van der Waals surface area contributed by atoms with Crippen LogP contribution in [0.25, 0.3) is 0 Å². The number of nitrogens with zero attached hydrogens (tertiary/aromatic N) is 4. The van der Waals surface area contributed by atoms with E-state index in [1.54, 1.807) is 23.1 Å². The predicted octanol–water partition coefficient (Wildman–Crippen LogP) is 4.01. The number of hydrogen-bond acceptors (Lipinski definition) is 5. The zero-order chi connectivity index (χ0) is 16.8. The van der Waals surface area contributed by atoms with Crippen LogP contribution in [0.5, 0.6) is 0 Å². The summed E-state index contributed by atoms with van der Waals surface area (Å²) in [4.78, 5) is 16.2. The van der Waals surface area contributed by atoms with Crippen LogP contribution in [0.15, 0.2) is 22.7 Å². The molecule has 0 radical (unpaired) electrons. The molecule has 0 N–H and O–H groups in total. The molecule has 1 saturated heterocycles. The summed E-state index contributed by atoms with van der Waals surface area (Å²) in [5.41, 5.74) is 0. The van der Waals surface area contributed by atoms with E-state index in [0.717, 1.165) is 30.4 Å². The Kier molecular flexibility index (Phi) is 4.08. The van der Waals surface area contributed by atoms with Gasteiger partial charge in [0, 0.05) is 23.4 Å². The molecule has 1 unspecified atom stereocenters. The Morgan fingerprint density at radius 2 is 2.12 bits per heavy atom. The second-order valence-electron chi connectivity index (χ2n) is 7.27. The van der Waals surface area contributed by atoms with E-state index in [-0.39, 0.29) is 11.9 Å². The Balaban J connectivity index is 1.27. The van der Waals surface area contributed by atoms with Crippen LogP contribution >= 0.6 is 23.1 Å². The van der Waals surface area contributed by atoms with Gasteiger partial charge in [-0.05, 0) is 50.0 Å². The van der Waals surface area contributed by atoms with Crippen LogP contribution in [-0.2, 0) is 4.79 Å². The van der Waals surface area contributed by atoms with Crippen molar-refractivity contribution in [1.29, 1.82) is 0 Å². The van der Waals surface area contributed by atoms with Crippen molar-refractivity contribution in [2.45, 2.75) is 61.7 Å². The second-order valence-corrected chi connectivity index (χ2v) is 9.19. The highest BCUT2D eigenvalue weighted by Gasteiger charge is 2.37. The van der Waals surface area contributed by atoms with Gasteiger partial charge in [-0.1, -0.05) is 17.8 Å². The third-order valence-corrected chi connectivity index (χ3v) is 7.22. The van der Waals surface area contributed by atoms with Crippen molar-refractivity contribution in [3.63, 3.8) is 0 Å². The molecular formula is C18H22N4OS2. The number of thioether (sulfide) groups is 1. The topological polar surface area (TPSA) is 51.0 Å². The summed E-state index contributed by atoms with van der Waals surface area (Å²) >= 11 is 3.33. The van der Waals surface area contributed by atoms with Gasteiger partial charge in [0.05, 0.1) is 11.8 Å². The maximum atomic E-state index is 12.8. The Morgan fingerprint density at radius 1 is 1.24 bits per heavy atom. The van der Waals surface area contributed by atoms with Gasteiger partial charge in [0.25, 0.3) is 0 Å². The van der Waals surface area contributed by atoms with E-state index in [1.807, 2.05) is 0 Å². The highest BCUT2D eigenvalue weighted by molar-refractivity contribution is 7.99. The number of likely N-dealkylation sites (tertiary alicyclic amines) is 1. The summed E-state index contributed by atoms with van der Waals surface area (Å²) in [6.45, 7) is 0.880. The summed E-state index contributed by atoms with van der Waals surface area (Å²) in [5, 5.41) is 11.9. The molecule has 3 heterocycles. The quantitative estimate of drug-likeness (QED) is 0.717. The van der Waals surface area contributed by atoms with E-state index in [9.17, 15) is 4.79 Å². The number of carbonyl (C=O) groups is 1. The van der Waals surface area contributed by atoms with Gasteiger partial charge in [0.15, 0.2) is 5.16 Å². The van der Waals surface area contributed by atoms with Crippen molar-refractivity contribution in [3.05, 3.63) is 28.2 Å². The molecule has 2 aromatic rings. The van der Waals surface area contributed by atoms with E-state index in [0.29, 0.717) is 17.7 Å². The molecule has 2 saturated carbocycles. The first-order chi connectivity index (χ1) is 12.3. The molecule has 1 aliphatic heterocycles. The van der Waals surface area contributed by atoms with Gasteiger partial charge in [-0.2, -0.15) is 0 Å². The molecule has 5 nitrogen and oxygen atoms in total. The standard InChI is InChI=1S/C18H22N4OS2/c23-16(21-9-1-3-14(21)15-4-2-10-24-15)11-25-18-20-19-17(12-5-6-12)22(18)13-7-8-13/h2,4,10,12-14H,1,3,5-9,11H2. The van der Waals surface area contributed by atoms with Crippen molar-refractivity contribution >= 4 is 29.0 Å². The molecule has 2 aliphatic carbocycles. The fourth-order valence-electron chi connectivity index (χ4n) is 3.73. The number of carbonyl (C=O) groups excluding carboxylic acids is 1. The Bertz CT molecular complexity index is 764. The van der Waals surface area contributed by atoms with Crippen LogP contribution in [0.3, 0.4) is 0 Å². The molecule has 1 amide bonds. The molecule has 5 rings (SSSR count). The lowest BCUT2D eigenvalue weighted by molar-refractivity contribution is -0.129. The summed E-state index contributed by atoms with van der Waals surface area (Å²) in [6.07, 6.45) is 7.12. The van der Waals surface area contributed by atoms with Crippen molar-refractivity contribution in [3.8, 4) is 0 Å². The number of hydrogen-bond donors (Lipinski definition) is 0. The summed E-state index contributed by atoms with van der Waals surface area (Å²) in [6, 6.07) is 5.08. The van der Waals surface area contributed by atoms with Crippen LogP contribution in [-0.4, -0.2) is 37.9 Å². The lowest BCUT2D eigenvalue weighted by Gasteiger charge is -2.23. The number of rotatable bonds is 6. The van der Waals surface area contributed by atoms with Crippen molar-refractivity contribution in [2.24, 2.45) is 0 Å². The molecule has 132 valence electrons. The highest BCUT2D eigenvalue weighted by atomic mass is 32.2. The van der Waals surface area contributed by atoms with E-state index in [4.69, 9.17) is 0 Å². The first-order valence-corrected chi connectivity index (χ1v) is 11.1. The zero-order valence-electron chi connectivity index (χ0n) is 14.1. The number of aromatic nitrogens is 3. The Labute approximate surface area is 155 Å². The smallest absolute Gasteiger partial charge is 0.233 e. The van der Waals surface area contributed by atoms with Gasteiger partial charge in [-0.15, -0.1) is 21.5 Å². The van der Waals surface area contributed by atoms with E-state index < -0.39 is 0 Å². The number of thiophene rings is 1. The summed E-state index contributed by atoms with van der Waals surface area (Å²) in [7, 11) is 0. The average molecular weight is 375 g/mol. The average Bonchev–Trinajstić information content (AvgIpc) is 3.48. The van der Waals surface area contributed by atoms with Crippen LogP contribution < -0.4 is 0 Å². The van der Waals surface area contributed by atoms with Crippen LogP contribution in [0.1, 0.15) is 67.2 Å². The zero-order valence-corrected chi connectivity index (χ0v) is 15.8. The molecule has 0 spiro atoms. The monoisotopic (exact) mass is 374 g/mol. The van der Waals surface area contributed by atoms with Crippen LogP contribution in [0.2, 0.25) is 0 Å². The molecule has 7 heteroatoms. The first kappa shape index (κ1) is 15.9. The van der Waals surface area contributed by atoms with Crippen molar-refractivity contribution < 1.29 is 4.79 Å². The summed E-state index contributed by atoms with van der Waals surface area (Å²) in [5.74, 6) is 2.48. The molecule has 0 bridgehead atoms. The van der Waals surface area contributed by atoms with Gasteiger partial charge in [-0.3, -0.25) is 4.79 Å². The molecule has 2 aromatic heterocycles. The van der Waals surface area contributed by atoms with Gasteiger partial charge < -0.3 is 9.47 Å². The SMILES string of the molecule is O=C(CSc1nnc(C2CC2)n1C1CC1)N1CCCC1c1cccs1. The molecular weight excluding hydrogens is 352 g/mol. The van der Waals surface area contributed by atoms with E-state index in [1.165, 1.54) is 30.6 Å². The van der Waals surface area contributed by atoms with E-state index in [2.05, 4.69) is 37.2 Å².